The Morgan fingerprint density at radius 3 is 2.85 bits per heavy atom. The summed E-state index contributed by atoms with van der Waals surface area (Å²) in [7, 11) is 0. The molecule has 1 aromatic rings. The van der Waals surface area contributed by atoms with Crippen molar-refractivity contribution in [3.8, 4) is 5.40 Å². The second-order valence-corrected chi connectivity index (χ2v) is 3.57. The highest BCUT2D eigenvalue weighted by Crippen LogP contribution is 2.18. The fourth-order valence-electron chi connectivity index (χ4n) is 0.699. The number of aromatic nitrogens is 2. The highest BCUT2D eigenvalue weighted by molar-refractivity contribution is 8.03. The van der Waals surface area contributed by atoms with Crippen molar-refractivity contribution in [2.24, 2.45) is 0 Å². The molecule has 0 fully saturated rings. The van der Waals surface area contributed by atoms with Crippen LogP contribution in [0.2, 0.25) is 0 Å². The number of hydrogen-bond donors (Lipinski definition) is 2. The van der Waals surface area contributed by atoms with E-state index in [4.69, 9.17) is 11.0 Å². The van der Waals surface area contributed by atoms with E-state index >= 15 is 0 Å². The summed E-state index contributed by atoms with van der Waals surface area (Å²) in [6, 6.07) is 0. The number of nitrogens with zero attached hydrogens (tertiary/aromatic N) is 2. The second-order valence-electron chi connectivity index (χ2n) is 1.98. The molecule has 1 aromatic heterocycles. The third-order valence-corrected chi connectivity index (χ3v) is 2.49. The number of thiocyanates is 1. The quantitative estimate of drug-likeness (QED) is 0.426. The van der Waals surface area contributed by atoms with Gasteiger partial charge in [-0.25, -0.2) is 4.98 Å². The molecule has 7 heteroatoms. The van der Waals surface area contributed by atoms with Gasteiger partial charge in [-0.3, -0.25) is 4.79 Å². The summed E-state index contributed by atoms with van der Waals surface area (Å²) in [6.07, 6.45) is 1.77. The maximum absolute atomic E-state index is 11.2. The van der Waals surface area contributed by atoms with Gasteiger partial charge in [0.1, 0.15) is 16.1 Å². The Hall–Kier alpha value is -1.13. The number of H-pyrrole nitrogens is 1. The summed E-state index contributed by atoms with van der Waals surface area (Å²) >= 11 is 2.00. The smallest absolute Gasteiger partial charge is 0.268 e. The first-order valence-corrected chi connectivity index (χ1v) is 5.23. The van der Waals surface area contributed by atoms with E-state index in [-0.39, 0.29) is 16.3 Å². The van der Waals surface area contributed by atoms with Gasteiger partial charge in [0, 0.05) is 0 Å². The number of aromatic amines is 1. The SMILES string of the molecule is CSc1nc(N)c(SC#N)c(=O)[nH]1. The molecule has 0 atom stereocenters. The summed E-state index contributed by atoms with van der Waals surface area (Å²) in [4.78, 5) is 17.8. The zero-order valence-electron chi connectivity index (χ0n) is 6.70. The van der Waals surface area contributed by atoms with Gasteiger partial charge in [-0.05, 0) is 18.0 Å². The van der Waals surface area contributed by atoms with Gasteiger partial charge < -0.3 is 10.7 Å². The summed E-state index contributed by atoms with van der Waals surface area (Å²) in [5.41, 5.74) is 5.10. The lowest BCUT2D eigenvalue weighted by Gasteiger charge is -2.00. The lowest BCUT2D eigenvalue weighted by Crippen LogP contribution is -2.13. The standard InChI is InChI=1S/C6H6N4OS2/c1-12-6-9-4(8)3(13-2-7)5(11)10-6/h1H3,(H3,8,9,10,11). The van der Waals surface area contributed by atoms with Crippen LogP contribution in [0, 0.1) is 10.7 Å². The monoisotopic (exact) mass is 214 g/mol. The number of nitriles is 1. The molecule has 0 unspecified atom stereocenters. The lowest BCUT2D eigenvalue weighted by molar-refractivity contribution is 0.908. The zero-order chi connectivity index (χ0) is 9.84. The summed E-state index contributed by atoms with van der Waals surface area (Å²) in [5, 5.41) is 10.6. The van der Waals surface area contributed by atoms with Crippen LogP contribution in [0.4, 0.5) is 5.82 Å². The van der Waals surface area contributed by atoms with Crippen LogP contribution in [-0.2, 0) is 0 Å². The van der Waals surface area contributed by atoms with E-state index in [9.17, 15) is 4.79 Å². The molecule has 0 radical (unpaired) electrons. The van der Waals surface area contributed by atoms with E-state index in [1.54, 1.807) is 11.7 Å². The first-order valence-electron chi connectivity index (χ1n) is 3.18. The minimum Gasteiger partial charge on any atom is -0.382 e. The summed E-state index contributed by atoms with van der Waals surface area (Å²) < 4.78 is 0. The van der Waals surface area contributed by atoms with E-state index in [0.717, 1.165) is 0 Å². The minimum absolute atomic E-state index is 0.0969. The zero-order valence-corrected chi connectivity index (χ0v) is 8.33. The van der Waals surface area contributed by atoms with Crippen LogP contribution in [0.3, 0.4) is 0 Å². The molecule has 0 aliphatic heterocycles. The first-order chi connectivity index (χ1) is 6.19. The van der Waals surface area contributed by atoms with Crippen molar-refractivity contribution in [1.29, 1.82) is 5.26 Å². The first kappa shape index (κ1) is 9.95. The van der Waals surface area contributed by atoms with Gasteiger partial charge in [0.05, 0.1) is 0 Å². The van der Waals surface area contributed by atoms with E-state index in [1.807, 2.05) is 0 Å². The highest BCUT2D eigenvalue weighted by Gasteiger charge is 2.08. The minimum atomic E-state index is -0.372. The van der Waals surface area contributed by atoms with E-state index in [1.165, 1.54) is 11.8 Å². The molecule has 3 N–H and O–H groups in total. The number of hydrogen-bond acceptors (Lipinski definition) is 6. The molecule has 0 aromatic carbocycles. The number of anilines is 1. The van der Waals surface area contributed by atoms with Gasteiger partial charge in [0.2, 0.25) is 0 Å². The van der Waals surface area contributed by atoms with Crippen LogP contribution in [-0.4, -0.2) is 16.2 Å². The van der Waals surface area contributed by atoms with Gasteiger partial charge >= 0.3 is 0 Å². The van der Waals surface area contributed by atoms with Gasteiger partial charge in [-0.15, -0.1) is 0 Å². The molecule has 0 amide bonds. The molecule has 0 saturated carbocycles. The molecule has 13 heavy (non-hydrogen) atoms. The Balaban J connectivity index is 3.25. The molecule has 1 rings (SSSR count). The Kier molecular flexibility index (Phi) is 3.22. The van der Waals surface area contributed by atoms with Crippen LogP contribution in [0.25, 0.3) is 0 Å². The van der Waals surface area contributed by atoms with Crippen LogP contribution >= 0.6 is 23.5 Å². The van der Waals surface area contributed by atoms with E-state index < -0.39 is 0 Å². The molecular weight excluding hydrogens is 208 g/mol. The Labute approximate surface area is 82.7 Å². The lowest BCUT2D eigenvalue weighted by atomic mass is 10.6. The van der Waals surface area contributed by atoms with Gasteiger partial charge in [0.25, 0.3) is 5.56 Å². The maximum atomic E-state index is 11.2. The average molecular weight is 214 g/mol. The Morgan fingerprint density at radius 2 is 2.38 bits per heavy atom. The molecule has 0 aliphatic rings. The summed E-state index contributed by atoms with van der Waals surface area (Å²) in [6.45, 7) is 0. The fraction of sp³-hybridized carbons (Fsp3) is 0.167. The van der Waals surface area contributed by atoms with Crippen molar-refractivity contribution in [1.82, 2.24) is 9.97 Å². The number of thioether (sulfide) groups is 2. The van der Waals surface area contributed by atoms with Crippen LogP contribution < -0.4 is 11.3 Å². The predicted octanol–water partition coefficient (Wildman–Crippen LogP) is 0.647. The molecule has 1 heterocycles. The van der Waals surface area contributed by atoms with Gasteiger partial charge in [-0.1, -0.05) is 11.8 Å². The third kappa shape index (κ3) is 2.17. The van der Waals surface area contributed by atoms with E-state index in [0.29, 0.717) is 16.9 Å². The van der Waals surface area contributed by atoms with Gasteiger partial charge in [0.15, 0.2) is 5.16 Å². The van der Waals surface area contributed by atoms with Crippen LogP contribution in [0.5, 0.6) is 0 Å². The van der Waals surface area contributed by atoms with Crippen molar-refractivity contribution in [2.75, 3.05) is 12.0 Å². The second kappa shape index (κ2) is 4.20. The van der Waals surface area contributed by atoms with Crippen LogP contribution in [0.1, 0.15) is 0 Å². The average Bonchev–Trinajstić information content (AvgIpc) is 2.11. The summed E-state index contributed by atoms with van der Waals surface area (Å²) in [5.74, 6) is 0.0969. The van der Waals surface area contributed by atoms with Crippen molar-refractivity contribution in [2.45, 2.75) is 10.1 Å². The highest BCUT2D eigenvalue weighted by atomic mass is 32.2. The third-order valence-electron chi connectivity index (χ3n) is 1.22. The molecular formula is C6H6N4OS2. The van der Waals surface area contributed by atoms with E-state index in [2.05, 4.69) is 9.97 Å². The Morgan fingerprint density at radius 1 is 1.69 bits per heavy atom. The molecule has 0 spiro atoms. The molecule has 68 valence electrons. The number of nitrogens with one attached hydrogen (secondary N) is 1. The number of nitrogens with two attached hydrogens (primary N) is 1. The van der Waals surface area contributed by atoms with Crippen molar-refractivity contribution in [3.63, 3.8) is 0 Å². The fourth-order valence-corrected chi connectivity index (χ4v) is 1.47. The molecule has 0 bridgehead atoms. The largest absolute Gasteiger partial charge is 0.382 e. The molecule has 0 saturated heterocycles. The predicted molar refractivity (Wildman–Crippen MR) is 52.5 cm³/mol. The normalized spacial score (nSPS) is 9.54. The molecule has 5 nitrogen and oxygen atoms in total. The van der Waals surface area contributed by atoms with Crippen molar-refractivity contribution >= 4 is 29.3 Å². The van der Waals surface area contributed by atoms with Crippen molar-refractivity contribution < 1.29 is 0 Å². The number of rotatable bonds is 2. The van der Waals surface area contributed by atoms with Gasteiger partial charge in [-0.2, -0.15) is 5.26 Å². The maximum Gasteiger partial charge on any atom is 0.268 e. The van der Waals surface area contributed by atoms with Crippen LogP contribution in [0.15, 0.2) is 14.8 Å². The van der Waals surface area contributed by atoms with Crippen molar-refractivity contribution in [3.05, 3.63) is 10.4 Å². The molecule has 0 aliphatic carbocycles. The topological polar surface area (TPSA) is 95.6 Å². The number of nitrogen functional groups attached to an aromatic ring is 1. The Bertz CT molecular complexity index is 408.